The summed E-state index contributed by atoms with van der Waals surface area (Å²) in [5.41, 5.74) is 2.67. The number of nitrogens with zero attached hydrogens (tertiary/aromatic N) is 1. The van der Waals surface area contributed by atoms with Crippen molar-refractivity contribution in [1.82, 2.24) is 0 Å². The molecule has 0 atom stereocenters. The van der Waals surface area contributed by atoms with Gasteiger partial charge in [0.15, 0.2) is 11.7 Å². The van der Waals surface area contributed by atoms with Crippen molar-refractivity contribution in [3.05, 3.63) is 70.4 Å². The van der Waals surface area contributed by atoms with Gasteiger partial charge in [0.25, 0.3) is 0 Å². The highest BCUT2D eigenvalue weighted by Gasteiger charge is 2.19. The van der Waals surface area contributed by atoms with E-state index in [1.54, 1.807) is 30.3 Å². The first-order valence-corrected chi connectivity index (χ1v) is 8.77. The highest BCUT2D eigenvalue weighted by molar-refractivity contribution is 8.03. The summed E-state index contributed by atoms with van der Waals surface area (Å²) < 4.78 is 5.81. The van der Waals surface area contributed by atoms with Gasteiger partial charge in [0.1, 0.15) is 22.5 Å². The third kappa shape index (κ3) is 2.94. The van der Waals surface area contributed by atoms with Crippen LogP contribution >= 0.6 is 11.8 Å². The number of fused-ring (bicyclic) bond motifs is 2. The molecule has 0 radical (unpaired) electrons. The SMILES string of the molecule is N#CSc1ccc(-c2c3ccc(=O)cc-3oc3cc(O)ccc23)c(C=O)c1. The van der Waals surface area contributed by atoms with Crippen molar-refractivity contribution in [3.63, 3.8) is 0 Å². The van der Waals surface area contributed by atoms with Gasteiger partial charge in [-0.05, 0) is 53.7 Å². The van der Waals surface area contributed by atoms with Gasteiger partial charge in [-0.15, -0.1) is 0 Å². The van der Waals surface area contributed by atoms with Crippen LogP contribution in [0.15, 0.2) is 68.7 Å². The molecule has 0 unspecified atom stereocenters. The molecule has 6 heteroatoms. The molecule has 0 saturated heterocycles. The Kier molecular flexibility index (Phi) is 4.15. The van der Waals surface area contributed by atoms with Crippen LogP contribution in [-0.2, 0) is 0 Å². The molecule has 0 fully saturated rings. The zero-order valence-electron chi connectivity index (χ0n) is 13.8. The number of hydrogen-bond donors (Lipinski definition) is 1. The Morgan fingerprint density at radius 2 is 1.85 bits per heavy atom. The van der Waals surface area contributed by atoms with Gasteiger partial charge < -0.3 is 9.52 Å². The normalized spacial score (nSPS) is 10.8. The number of thioether (sulfide) groups is 1. The Bertz CT molecular complexity index is 1270. The van der Waals surface area contributed by atoms with Crippen molar-refractivity contribution < 1.29 is 14.3 Å². The summed E-state index contributed by atoms with van der Waals surface area (Å²) in [5, 5.41) is 21.4. The number of phenols is 1. The molecular formula is C21H11NO4S. The summed E-state index contributed by atoms with van der Waals surface area (Å²) >= 11 is 0.974. The molecular weight excluding hydrogens is 362 g/mol. The lowest BCUT2D eigenvalue weighted by atomic mass is 9.91. The van der Waals surface area contributed by atoms with Gasteiger partial charge in [0, 0.05) is 39.1 Å². The van der Waals surface area contributed by atoms with E-state index in [0.29, 0.717) is 38.3 Å². The smallest absolute Gasteiger partial charge is 0.182 e. The second kappa shape index (κ2) is 6.63. The molecule has 2 aromatic rings. The summed E-state index contributed by atoms with van der Waals surface area (Å²) in [6.07, 6.45) is 0.737. The highest BCUT2D eigenvalue weighted by atomic mass is 32.2. The van der Waals surface area contributed by atoms with Crippen molar-refractivity contribution in [1.29, 1.82) is 5.26 Å². The molecule has 0 spiro atoms. The molecule has 1 N–H and O–H groups in total. The Morgan fingerprint density at radius 3 is 2.63 bits per heavy atom. The minimum Gasteiger partial charge on any atom is -0.508 e. The molecule has 0 saturated carbocycles. The van der Waals surface area contributed by atoms with E-state index in [9.17, 15) is 14.7 Å². The van der Waals surface area contributed by atoms with Gasteiger partial charge in [0.05, 0.1) is 0 Å². The second-order valence-corrected chi connectivity index (χ2v) is 6.73. The number of carbonyl (C=O) groups is 1. The van der Waals surface area contributed by atoms with Crippen molar-refractivity contribution in [2.24, 2.45) is 0 Å². The van der Waals surface area contributed by atoms with Crippen LogP contribution in [-0.4, -0.2) is 11.4 Å². The standard InChI is InChI=1S/C21H11NO4S/c22-11-27-15-3-6-16(12(7-15)10-23)21-17-4-1-13(24)8-19(17)26-20-9-14(25)2-5-18(20)21/h1-10,24H. The lowest BCUT2D eigenvalue weighted by Crippen LogP contribution is -2.00. The van der Waals surface area contributed by atoms with Crippen molar-refractivity contribution in [2.75, 3.05) is 0 Å². The Morgan fingerprint density at radius 1 is 1.04 bits per heavy atom. The zero-order chi connectivity index (χ0) is 19.0. The molecule has 0 amide bonds. The predicted octanol–water partition coefficient (Wildman–Crippen LogP) is 4.66. The predicted molar refractivity (Wildman–Crippen MR) is 103 cm³/mol. The van der Waals surface area contributed by atoms with Crippen LogP contribution in [0.25, 0.3) is 33.4 Å². The number of hydrogen-bond acceptors (Lipinski definition) is 6. The lowest BCUT2D eigenvalue weighted by molar-refractivity contribution is 0.112. The van der Waals surface area contributed by atoms with Crippen molar-refractivity contribution in [3.8, 4) is 33.6 Å². The summed E-state index contributed by atoms with van der Waals surface area (Å²) in [4.78, 5) is 24.2. The lowest BCUT2D eigenvalue weighted by Gasteiger charge is -2.16. The van der Waals surface area contributed by atoms with Crippen LogP contribution in [0.4, 0.5) is 0 Å². The Balaban J connectivity index is 2.13. The topological polar surface area (TPSA) is 91.3 Å². The van der Waals surface area contributed by atoms with Crippen LogP contribution in [0.1, 0.15) is 10.4 Å². The number of aromatic hydroxyl groups is 1. The minimum absolute atomic E-state index is 0.0335. The highest BCUT2D eigenvalue weighted by Crippen LogP contribution is 2.42. The molecule has 5 nitrogen and oxygen atoms in total. The van der Waals surface area contributed by atoms with Crippen LogP contribution in [0.5, 0.6) is 5.75 Å². The molecule has 0 aromatic heterocycles. The summed E-state index contributed by atoms with van der Waals surface area (Å²) in [7, 11) is 0. The first-order valence-electron chi connectivity index (χ1n) is 7.96. The van der Waals surface area contributed by atoms with E-state index in [0.717, 1.165) is 23.6 Å². The second-order valence-electron chi connectivity index (χ2n) is 5.88. The first kappa shape index (κ1) is 16.9. The van der Waals surface area contributed by atoms with Crippen LogP contribution in [0, 0.1) is 10.7 Å². The van der Waals surface area contributed by atoms with E-state index >= 15 is 0 Å². The van der Waals surface area contributed by atoms with Gasteiger partial charge in [-0.25, -0.2) is 0 Å². The number of rotatable bonds is 3. The average molecular weight is 373 g/mol. The molecule has 1 heterocycles. The molecule has 1 aliphatic carbocycles. The summed E-state index contributed by atoms with van der Waals surface area (Å²) in [5.74, 6) is 0.397. The number of aldehydes is 1. The number of phenolic OH excluding ortho intramolecular Hbond substituents is 1. The molecule has 2 aromatic carbocycles. The summed E-state index contributed by atoms with van der Waals surface area (Å²) in [6, 6.07) is 14.4. The fourth-order valence-corrected chi connectivity index (χ4v) is 3.56. The van der Waals surface area contributed by atoms with Crippen LogP contribution in [0.3, 0.4) is 0 Å². The van der Waals surface area contributed by atoms with E-state index < -0.39 is 0 Å². The minimum atomic E-state index is -0.201. The fourth-order valence-electron chi connectivity index (χ4n) is 3.13. The van der Waals surface area contributed by atoms with E-state index in [2.05, 4.69) is 0 Å². The first-order chi connectivity index (χ1) is 13.1. The Labute approximate surface area is 157 Å². The zero-order valence-corrected chi connectivity index (χ0v) is 14.6. The van der Waals surface area contributed by atoms with Crippen LogP contribution < -0.4 is 5.43 Å². The fraction of sp³-hybridized carbons (Fsp3) is 0. The van der Waals surface area contributed by atoms with Gasteiger partial charge in [0.2, 0.25) is 0 Å². The third-order valence-electron chi connectivity index (χ3n) is 4.26. The molecule has 0 bridgehead atoms. The monoisotopic (exact) mass is 373 g/mol. The maximum absolute atomic E-state index is 11.8. The van der Waals surface area contributed by atoms with E-state index in [1.807, 2.05) is 5.40 Å². The molecule has 27 heavy (non-hydrogen) atoms. The molecule has 130 valence electrons. The third-order valence-corrected chi connectivity index (χ3v) is 4.84. The average Bonchev–Trinajstić information content (AvgIpc) is 2.66. The maximum Gasteiger partial charge on any atom is 0.182 e. The van der Waals surface area contributed by atoms with Gasteiger partial charge in [-0.2, -0.15) is 5.26 Å². The quantitative estimate of drug-likeness (QED) is 0.243. The largest absolute Gasteiger partial charge is 0.508 e. The van der Waals surface area contributed by atoms with Gasteiger partial charge >= 0.3 is 0 Å². The van der Waals surface area contributed by atoms with Crippen molar-refractivity contribution in [2.45, 2.75) is 4.90 Å². The Hall–Kier alpha value is -3.56. The summed E-state index contributed by atoms with van der Waals surface area (Å²) in [6.45, 7) is 0. The molecule has 4 rings (SSSR count). The maximum atomic E-state index is 11.8. The van der Waals surface area contributed by atoms with E-state index in [4.69, 9.17) is 9.68 Å². The van der Waals surface area contributed by atoms with Gasteiger partial charge in [-0.3, -0.25) is 9.59 Å². The molecule has 2 aliphatic rings. The number of thiocyanates is 1. The number of carbonyl (C=O) groups excluding carboxylic acids is 1. The number of benzene rings is 3. The van der Waals surface area contributed by atoms with E-state index in [-0.39, 0.29) is 11.2 Å². The van der Waals surface area contributed by atoms with Crippen LogP contribution in [0.2, 0.25) is 0 Å². The van der Waals surface area contributed by atoms with Crippen molar-refractivity contribution >= 4 is 29.0 Å². The number of nitriles is 1. The van der Waals surface area contributed by atoms with E-state index in [1.165, 1.54) is 24.3 Å². The molecule has 1 aliphatic heterocycles. The van der Waals surface area contributed by atoms with Gasteiger partial charge in [-0.1, -0.05) is 6.07 Å².